The summed E-state index contributed by atoms with van der Waals surface area (Å²) in [5, 5.41) is 11.6. The molecule has 1 heterocycles. The summed E-state index contributed by atoms with van der Waals surface area (Å²) in [6.07, 6.45) is 2.35. The van der Waals surface area contributed by atoms with E-state index in [1.807, 2.05) is 37.3 Å². The molecular weight excluding hydrogens is 467 g/mol. The molecule has 164 valence electrons. The fourth-order valence-electron chi connectivity index (χ4n) is 3.57. The van der Waals surface area contributed by atoms with Gasteiger partial charge in [-0.3, -0.25) is 10.2 Å². The lowest BCUT2D eigenvalue weighted by molar-refractivity contribution is 0.0994. The van der Waals surface area contributed by atoms with Gasteiger partial charge in [-0.2, -0.15) is 5.10 Å². The number of fused-ring (bicyclic) bond motifs is 1. The Morgan fingerprint density at radius 1 is 1.09 bits per heavy atom. The van der Waals surface area contributed by atoms with Crippen LogP contribution in [0.5, 0.6) is 0 Å². The molecule has 9 heteroatoms. The zero-order valence-corrected chi connectivity index (χ0v) is 19.5. The summed E-state index contributed by atoms with van der Waals surface area (Å²) in [6, 6.07) is 14.5. The molecule has 0 unspecified atom stereocenters. The number of rotatable bonds is 4. The number of thiocarbonyl (C=S) groups is 1. The fraction of sp³-hybridized carbons (Fsp3) is 0.174. The van der Waals surface area contributed by atoms with Gasteiger partial charge in [-0.05, 0) is 62.3 Å². The molecule has 32 heavy (non-hydrogen) atoms. The fourth-order valence-corrected chi connectivity index (χ4v) is 4.18. The lowest BCUT2D eigenvalue weighted by Crippen LogP contribution is -2.26. The molecule has 0 spiro atoms. The number of furan rings is 1. The number of carbonyl (C=O) groups is 1. The normalized spacial score (nSPS) is 14.0. The zero-order chi connectivity index (χ0) is 22.7. The number of para-hydroxylation sites is 1. The molecule has 1 aliphatic rings. The van der Waals surface area contributed by atoms with Crippen LogP contribution in [0.2, 0.25) is 10.0 Å². The van der Waals surface area contributed by atoms with E-state index in [-0.39, 0.29) is 11.7 Å². The van der Waals surface area contributed by atoms with Gasteiger partial charge in [0.25, 0.3) is 5.91 Å². The van der Waals surface area contributed by atoms with E-state index in [0.29, 0.717) is 20.8 Å². The topological polar surface area (TPSA) is 78.7 Å². The molecule has 0 fully saturated rings. The van der Waals surface area contributed by atoms with Crippen molar-refractivity contribution < 1.29 is 9.21 Å². The van der Waals surface area contributed by atoms with Crippen LogP contribution in [0.15, 0.2) is 58.0 Å². The Labute approximate surface area is 201 Å². The Morgan fingerprint density at radius 2 is 1.88 bits per heavy atom. The van der Waals surface area contributed by atoms with Gasteiger partial charge in [0, 0.05) is 28.3 Å². The molecule has 0 radical (unpaired) electrons. The molecule has 4 rings (SSSR count). The molecule has 2 aromatic carbocycles. The third kappa shape index (κ3) is 4.96. The van der Waals surface area contributed by atoms with Crippen molar-refractivity contribution in [3.05, 3.63) is 81.2 Å². The monoisotopic (exact) mass is 486 g/mol. The molecule has 0 saturated carbocycles. The van der Waals surface area contributed by atoms with Gasteiger partial charge in [-0.1, -0.05) is 41.4 Å². The summed E-state index contributed by atoms with van der Waals surface area (Å²) in [5.41, 5.74) is 6.60. The highest BCUT2D eigenvalue weighted by Gasteiger charge is 2.28. The Hall–Kier alpha value is -2.87. The number of amides is 1. The SMILES string of the molecule is Cc1c(C(=O)Nc2ccc(Cl)cc2Cl)oc2c1/C(=N/NC(=S)Nc1ccccc1)CCC2. The number of nitrogens with one attached hydrogen (secondary N) is 3. The minimum atomic E-state index is -0.380. The van der Waals surface area contributed by atoms with Crippen LogP contribution in [0.25, 0.3) is 0 Å². The standard InChI is InChI=1S/C23H20Cl2N4O2S/c1-13-20-18(28-29-23(32)26-15-6-3-2-4-7-15)8-5-9-19(20)31-21(13)22(30)27-17-11-10-14(24)12-16(17)25/h2-4,6-7,10-12H,5,8-9H2,1H3,(H,27,30)(H2,26,29,32)/b28-18+. The van der Waals surface area contributed by atoms with Crippen molar-refractivity contribution in [2.24, 2.45) is 5.10 Å². The molecule has 3 aromatic rings. The predicted molar refractivity (Wildman–Crippen MR) is 133 cm³/mol. The van der Waals surface area contributed by atoms with Crippen LogP contribution in [0.4, 0.5) is 11.4 Å². The van der Waals surface area contributed by atoms with Gasteiger partial charge < -0.3 is 15.1 Å². The summed E-state index contributed by atoms with van der Waals surface area (Å²) in [7, 11) is 0. The maximum atomic E-state index is 12.9. The molecule has 1 amide bonds. The highest BCUT2D eigenvalue weighted by Crippen LogP contribution is 2.31. The van der Waals surface area contributed by atoms with Crippen molar-refractivity contribution in [2.45, 2.75) is 26.2 Å². The highest BCUT2D eigenvalue weighted by molar-refractivity contribution is 7.80. The molecule has 1 aliphatic carbocycles. The first-order valence-electron chi connectivity index (χ1n) is 10.00. The minimum absolute atomic E-state index is 0.237. The minimum Gasteiger partial charge on any atom is -0.455 e. The second kappa shape index (κ2) is 9.73. The number of halogens is 2. The molecule has 3 N–H and O–H groups in total. The second-order valence-corrected chi connectivity index (χ2v) is 8.53. The first-order chi connectivity index (χ1) is 15.4. The molecule has 1 aromatic heterocycles. The van der Waals surface area contributed by atoms with E-state index in [4.69, 9.17) is 39.8 Å². The second-order valence-electron chi connectivity index (χ2n) is 7.28. The molecule has 0 bridgehead atoms. The van der Waals surface area contributed by atoms with Crippen LogP contribution in [0, 0.1) is 6.92 Å². The van der Waals surface area contributed by atoms with Crippen molar-refractivity contribution in [2.75, 3.05) is 10.6 Å². The Morgan fingerprint density at radius 3 is 2.62 bits per heavy atom. The van der Waals surface area contributed by atoms with E-state index in [1.54, 1.807) is 18.2 Å². The summed E-state index contributed by atoms with van der Waals surface area (Å²) in [4.78, 5) is 12.9. The lowest BCUT2D eigenvalue weighted by Gasteiger charge is -2.14. The molecular formula is C23H20Cl2N4O2S. The number of benzene rings is 2. The van der Waals surface area contributed by atoms with Gasteiger partial charge in [0.1, 0.15) is 5.76 Å². The number of carbonyl (C=O) groups excluding carboxylic acids is 1. The Balaban J connectivity index is 1.52. The van der Waals surface area contributed by atoms with Gasteiger partial charge in [0.05, 0.1) is 16.4 Å². The van der Waals surface area contributed by atoms with Crippen molar-refractivity contribution in [1.29, 1.82) is 0 Å². The maximum absolute atomic E-state index is 12.9. The summed E-state index contributed by atoms with van der Waals surface area (Å²) in [6.45, 7) is 1.85. The number of hydrogen-bond acceptors (Lipinski definition) is 4. The van der Waals surface area contributed by atoms with Gasteiger partial charge in [0.15, 0.2) is 10.9 Å². The maximum Gasteiger partial charge on any atom is 0.291 e. The average molecular weight is 487 g/mol. The summed E-state index contributed by atoms with van der Waals surface area (Å²) >= 11 is 17.4. The number of anilines is 2. The molecule has 0 saturated heterocycles. The van der Waals surface area contributed by atoms with Crippen LogP contribution in [-0.2, 0) is 6.42 Å². The molecule has 0 atom stereocenters. The largest absolute Gasteiger partial charge is 0.455 e. The third-order valence-corrected chi connectivity index (χ3v) is 5.78. The van der Waals surface area contributed by atoms with Gasteiger partial charge in [0.2, 0.25) is 0 Å². The lowest BCUT2D eigenvalue weighted by atomic mass is 9.93. The van der Waals surface area contributed by atoms with E-state index in [1.165, 1.54) is 0 Å². The van der Waals surface area contributed by atoms with Crippen LogP contribution < -0.4 is 16.1 Å². The Kier molecular flexibility index (Phi) is 6.79. The number of nitrogens with zero attached hydrogens (tertiary/aromatic N) is 1. The first-order valence-corrected chi connectivity index (χ1v) is 11.2. The van der Waals surface area contributed by atoms with E-state index in [2.05, 4.69) is 21.2 Å². The van der Waals surface area contributed by atoms with Crippen LogP contribution in [-0.4, -0.2) is 16.7 Å². The Bertz CT molecular complexity index is 1210. The quantitative estimate of drug-likeness (QED) is 0.303. The summed E-state index contributed by atoms with van der Waals surface area (Å²) in [5.74, 6) is 0.596. The number of hydrogen-bond donors (Lipinski definition) is 3. The highest BCUT2D eigenvalue weighted by atomic mass is 35.5. The van der Waals surface area contributed by atoms with Crippen LogP contribution >= 0.6 is 35.4 Å². The van der Waals surface area contributed by atoms with E-state index >= 15 is 0 Å². The third-order valence-electron chi connectivity index (χ3n) is 5.04. The van der Waals surface area contributed by atoms with Gasteiger partial charge in [-0.15, -0.1) is 0 Å². The zero-order valence-electron chi connectivity index (χ0n) is 17.2. The van der Waals surface area contributed by atoms with Gasteiger partial charge in [-0.25, -0.2) is 0 Å². The van der Waals surface area contributed by atoms with Crippen molar-refractivity contribution in [1.82, 2.24) is 5.43 Å². The van der Waals surface area contributed by atoms with Crippen molar-refractivity contribution in [3.8, 4) is 0 Å². The van der Waals surface area contributed by atoms with Crippen LogP contribution in [0.1, 0.15) is 40.3 Å². The van der Waals surface area contributed by atoms with Gasteiger partial charge >= 0.3 is 0 Å². The van der Waals surface area contributed by atoms with Crippen LogP contribution in [0.3, 0.4) is 0 Å². The molecule has 0 aliphatic heterocycles. The smallest absolute Gasteiger partial charge is 0.291 e. The van der Waals surface area contributed by atoms with Crippen molar-refractivity contribution >= 4 is 63.5 Å². The molecule has 6 nitrogen and oxygen atoms in total. The van der Waals surface area contributed by atoms with E-state index in [9.17, 15) is 4.79 Å². The predicted octanol–water partition coefficient (Wildman–Crippen LogP) is 6.17. The summed E-state index contributed by atoms with van der Waals surface area (Å²) < 4.78 is 5.93. The number of aryl methyl sites for hydroxylation is 1. The van der Waals surface area contributed by atoms with E-state index < -0.39 is 0 Å². The van der Waals surface area contributed by atoms with E-state index in [0.717, 1.165) is 47.5 Å². The first kappa shape index (κ1) is 22.3. The number of hydrazone groups is 1. The van der Waals surface area contributed by atoms with Crippen molar-refractivity contribution in [3.63, 3.8) is 0 Å². The average Bonchev–Trinajstić information content (AvgIpc) is 3.12.